The molecule has 3 rings (SSSR count). The normalized spacial score (nSPS) is 14.6. The van der Waals surface area contributed by atoms with Crippen molar-refractivity contribution in [2.45, 2.75) is 19.4 Å². The van der Waals surface area contributed by atoms with Gasteiger partial charge in [-0.1, -0.05) is 24.3 Å². The topological polar surface area (TPSA) is 24.5 Å². The predicted octanol–water partition coefficient (Wildman–Crippen LogP) is 3.56. The van der Waals surface area contributed by atoms with E-state index in [2.05, 4.69) is 72.7 Å². The smallest absolute Gasteiger partial charge is 0.142 e. The minimum Gasteiger partial charge on any atom is -0.490 e. The SMILES string of the molecule is CC(Cc1ccc2c(c1)NCCO2)N(C)c1ccccc1. The molecular formula is C18H22N2O. The molecule has 0 saturated heterocycles. The Morgan fingerprint density at radius 1 is 1.19 bits per heavy atom. The molecular weight excluding hydrogens is 260 g/mol. The van der Waals surface area contributed by atoms with Gasteiger partial charge in [0.25, 0.3) is 0 Å². The van der Waals surface area contributed by atoms with Crippen molar-refractivity contribution < 1.29 is 4.74 Å². The number of ether oxygens (including phenoxy) is 1. The lowest BCUT2D eigenvalue weighted by atomic mass is 10.0. The van der Waals surface area contributed by atoms with E-state index < -0.39 is 0 Å². The van der Waals surface area contributed by atoms with Crippen molar-refractivity contribution in [1.82, 2.24) is 0 Å². The molecule has 0 saturated carbocycles. The van der Waals surface area contributed by atoms with E-state index in [0.29, 0.717) is 6.04 Å². The summed E-state index contributed by atoms with van der Waals surface area (Å²) >= 11 is 0. The van der Waals surface area contributed by atoms with Crippen LogP contribution >= 0.6 is 0 Å². The van der Waals surface area contributed by atoms with Gasteiger partial charge in [0.2, 0.25) is 0 Å². The van der Waals surface area contributed by atoms with E-state index in [4.69, 9.17) is 4.74 Å². The lowest BCUT2D eigenvalue weighted by Gasteiger charge is -2.28. The van der Waals surface area contributed by atoms with Gasteiger partial charge < -0.3 is 15.0 Å². The van der Waals surface area contributed by atoms with Gasteiger partial charge in [0, 0.05) is 25.3 Å². The molecule has 0 bridgehead atoms. The van der Waals surface area contributed by atoms with E-state index in [1.807, 2.05) is 0 Å². The van der Waals surface area contributed by atoms with Crippen LogP contribution in [0.3, 0.4) is 0 Å². The number of rotatable bonds is 4. The molecule has 3 heteroatoms. The van der Waals surface area contributed by atoms with Crippen LogP contribution in [-0.2, 0) is 6.42 Å². The Morgan fingerprint density at radius 3 is 2.81 bits per heavy atom. The molecule has 2 aromatic carbocycles. The summed E-state index contributed by atoms with van der Waals surface area (Å²) in [5, 5.41) is 3.40. The molecule has 2 aromatic rings. The van der Waals surface area contributed by atoms with Gasteiger partial charge in [0.05, 0.1) is 5.69 Å². The maximum Gasteiger partial charge on any atom is 0.142 e. The summed E-state index contributed by atoms with van der Waals surface area (Å²) in [5.41, 5.74) is 3.71. The van der Waals surface area contributed by atoms with Crippen molar-refractivity contribution in [1.29, 1.82) is 0 Å². The largest absolute Gasteiger partial charge is 0.490 e. The van der Waals surface area contributed by atoms with Gasteiger partial charge in [-0.25, -0.2) is 0 Å². The van der Waals surface area contributed by atoms with E-state index in [-0.39, 0.29) is 0 Å². The summed E-state index contributed by atoms with van der Waals surface area (Å²) in [6, 6.07) is 17.4. The first-order valence-electron chi connectivity index (χ1n) is 7.51. The second-order valence-electron chi connectivity index (χ2n) is 5.61. The number of anilines is 2. The highest BCUT2D eigenvalue weighted by Crippen LogP contribution is 2.29. The Kier molecular flexibility index (Phi) is 4.00. The molecule has 0 spiro atoms. The van der Waals surface area contributed by atoms with Crippen molar-refractivity contribution in [3.05, 3.63) is 54.1 Å². The van der Waals surface area contributed by atoms with Crippen LogP contribution in [0, 0.1) is 0 Å². The number of hydrogen-bond acceptors (Lipinski definition) is 3. The molecule has 0 aliphatic carbocycles. The summed E-state index contributed by atoms with van der Waals surface area (Å²) in [4.78, 5) is 2.32. The fraction of sp³-hybridized carbons (Fsp3) is 0.333. The molecule has 1 unspecified atom stereocenters. The summed E-state index contributed by atoms with van der Waals surface area (Å²) in [6.45, 7) is 3.89. The third-order valence-electron chi connectivity index (χ3n) is 4.07. The number of para-hydroxylation sites is 1. The van der Waals surface area contributed by atoms with Crippen LogP contribution in [0.25, 0.3) is 0 Å². The Bertz CT molecular complexity index is 597. The lowest BCUT2D eigenvalue weighted by Crippen LogP contribution is -2.30. The van der Waals surface area contributed by atoms with Crippen molar-refractivity contribution in [3.63, 3.8) is 0 Å². The number of fused-ring (bicyclic) bond motifs is 1. The molecule has 1 heterocycles. The van der Waals surface area contributed by atoms with Crippen LogP contribution in [0.2, 0.25) is 0 Å². The second-order valence-corrected chi connectivity index (χ2v) is 5.61. The molecule has 3 nitrogen and oxygen atoms in total. The Balaban J connectivity index is 1.71. The minimum atomic E-state index is 0.440. The number of likely N-dealkylation sites (N-methyl/N-ethyl adjacent to an activating group) is 1. The van der Waals surface area contributed by atoms with Gasteiger partial charge in [0.15, 0.2) is 0 Å². The fourth-order valence-electron chi connectivity index (χ4n) is 2.71. The Morgan fingerprint density at radius 2 is 2.00 bits per heavy atom. The molecule has 0 radical (unpaired) electrons. The van der Waals surface area contributed by atoms with Gasteiger partial charge >= 0.3 is 0 Å². The summed E-state index contributed by atoms with van der Waals surface area (Å²) in [5.74, 6) is 0.967. The maximum absolute atomic E-state index is 5.63. The van der Waals surface area contributed by atoms with Crippen molar-refractivity contribution in [2.75, 3.05) is 30.4 Å². The number of hydrogen-bond donors (Lipinski definition) is 1. The fourth-order valence-corrected chi connectivity index (χ4v) is 2.71. The molecule has 1 aliphatic heterocycles. The monoisotopic (exact) mass is 282 g/mol. The Labute approximate surface area is 126 Å². The number of nitrogens with one attached hydrogen (secondary N) is 1. The van der Waals surface area contributed by atoms with Gasteiger partial charge in [-0.15, -0.1) is 0 Å². The molecule has 1 aliphatic rings. The molecule has 21 heavy (non-hydrogen) atoms. The maximum atomic E-state index is 5.63. The van der Waals surface area contributed by atoms with Crippen molar-refractivity contribution in [2.24, 2.45) is 0 Å². The molecule has 0 amide bonds. The zero-order chi connectivity index (χ0) is 14.7. The number of benzene rings is 2. The first-order valence-corrected chi connectivity index (χ1v) is 7.51. The van der Waals surface area contributed by atoms with E-state index in [0.717, 1.165) is 31.0 Å². The minimum absolute atomic E-state index is 0.440. The van der Waals surface area contributed by atoms with Crippen molar-refractivity contribution in [3.8, 4) is 5.75 Å². The van der Waals surface area contributed by atoms with Gasteiger partial charge in [-0.3, -0.25) is 0 Å². The Hall–Kier alpha value is -2.16. The van der Waals surface area contributed by atoms with Crippen LogP contribution in [0.5, 0.6) is 5.75 Å². The highest BCUT2D eigenvalue weighted by atomic mass is 16.5. The van der Waals surface area contributed by atoms with Crippen LogP contribution < -0.4 is 15.0 Å². The average molecular weight is 282 g/mol. The molecule has 0 aromatic heterocycles. The van der Waals surface area contributed by atoms with E-state index in [9.17, 15) is 0 Å². The third kappa shape index (κ3) is 3.13. The zero-order valence-electron chi connectivity index (χ0n) is 12.7. The van der Waals surface area contributed by atoms with Crippen LogP contribution in [0.15, 0.2) is 48.5 Å². The number of nitrogens with zero attached hydrogens (tertiary/aromatic N) is 1. The molecule has 110 valence electrons. The van der Waals surface area contributed by atoms with Gasteiger partial charge in [-0.2, -0.15) is 0 Å². The van der Waals surface area contributed by atoms with E-state index in [1.165, 1.54) is 11.3 Å². The summed E-state index contributed by atoms with van der Waals surface area (Å²) in [6.07, 6.45) is 1.01. The third-order valence-corrected chi connectivity index (χ3v) is 4.07. The molecule has 1 atom stereocenters. The first kappa shape index (κ1) is 13.8. The quantitative estimate of drug-likeness (QED) is 0.928. The van der Waals surface area contributed by atoms with Crippen molar-refractivity contribution >= 4 is 11.4 Å². The molecule has 1 N–H and O–H groups in total. The average Bonchev–Trinajstić information content (AvgIpc) is 2.55. The van der Waals surface area contributed by atoms with Gasteiger partial charge in [0.1, 0.15) is 12.4 Å². The highest BCUT2D eigenvalue weighted by Gasteiger charge is 2.14. The van der Waals surface area contributed by atoms with Gasteiger partial charge in [-0.05, 0) is 43.2 Å². The first-order chi connectivity index (χ1) is 10.2. The molecule has 0 fully saturated rings. The zero-order valence-corrected chi connectivity index (χ0v) is 12.7. The highest BCUT2D eigenvalue weighted by molar-refractivity contribution is 5.59. The summed E-state index contributed by atoms with van der Waals surface area (Å²) < 4.78 is 5.63. The van der Waals surface area contributed by atoms with E-state index >= 15 is 0 Å². The van der Waals surface area contributed by atoms with Crippen LogP contribution in [0.4, 0.5) is 11.4 Å². The van der Waals surface area contributed by atoms with Crippen LogP contribution in [0.1, 0.15) is 12.5 Å². The summed E-state index contributed by atoms with van der Waals surface area (Å²) in [7, 11) is 2.15. The predicted molar refractivity (Wildman–Crippen MR) is 88.4 cm³/mol. The van der Waals surface area contributed by atoms with Crippen LogP contribution in [-0.4, -0.2) is 26.2 Å². The lowest BCUT2D eigenvalue weighted by molar-refractivity contribution is 0.323. The van der Waals surface area contributed by atoms with E-state index in [1.54, 1.807) is 0 Å². The second kappa shape index (κ2) is 6.08. The standard InChI is InChI=1S/C18H22N2O/c1-14(20(2)16-6-4-3-5-7-16)12-15-8-9-18-17(13-15)19-10-11-21-18/h3-9,13-14,19H,10-12H2,1-2H3.